The summed E-state index contributed by atoms with van der Waals surface area (Å²) in [7, 11) is 0. The van der Waals surface area contributed by atoms with E-state index >= 15 is 0 Å². The zero-order chi connectivity index (χ0) is 16.6. The number of amides is 1. The Balaban J connectivity index is 1.75. The summed E-state index contributed by atoms with van der Waals surface area (Å²) in [5.74, 6) is 0.290. The first kappa shape index (κ1) is 15.7. The fourth-order valence-corrected chi connectivity index (χ4v) is 3.47. The molecule has 1 fully saturated rings. The van der Waals surface area contributed by atoms with E-state index in [-0.39, 0.29) is 23.9 Å². The average Bonchev–Trinajstić information content (AvgIpc) is 3.09. The van der Waals surface area contributed by atoms with Crippen molar-refractivity contribution in [3.63, 3.8) is 0 Å². The van der Waals surface area contributed by atoms with Crippen LogP contribution in [-0.4, -0.2) is 39.7 Å². The molecule has 0 aliphatic carbocycles. The fourth-order valence-electron chi connectivity index (χ4n) is 3.47. The number of carbonyl (C=O) groups excluding carboxylic acids is 1. The predicted molar refractivity (Wildman–Crippen MR) is 90.2 cm³/mol. The maximum absolute atomic E-state index is 12.8. The Bertz CT molecular complexity index is 694. The van der Waals surface area contributed by atoms with E-state index in [0.717, 1.165) is 11.4 Å². The van der Waals surface area contributed by atoms with E-state index in [1.165, 1.54) is 5.56 Å². The molecule has 1 aliphatic heterocycles. The normalized spacial score (nSPS) is 22.3. The van der Waals surface area contributed by atoms with E-state index in [0.29, 0.717) is 13.1 Å². The summed E-state index contributed by atoms with van der Waals surface area (Å²) >= 11 is 0. The van der Waals surface area contributed by atoms with Crippen LogP contribution in [0.1, 0.15) is 35.8 Å². The molecule has 1 aliphatic rings. The molecular formula is C18H24N4O. The smallest absolute Gasteiger partial charge is 0.247 e. The number of rotatable bonds is 3. The molecule has 3 atom stereocenters. The molecule has 2 heterocycles. The van der Waals surface area contributed by atoms with Gasteiger partial charge in [-0.2, -0.15) is 5.10 Å². The highest BCUT2D eigenvalue weighted by Gasteiger charge is 2.36. The minimum atomic E-state index is -0.301. The first-order valence-electron chi connectivity index (χ1n) is 8.09. The monoisotopic (exact) mass is 312 g/mol. The van der Waals surface area contributed by atoms with Crippen LogP contribution >= 0.6 is 0 Å². The van der Waals surface area contributed by atoms with Crippen molar-refractivity contribution in [2.45, 2.75) is 38.8 Å². The zero-order valence-corrected chi connectivity index (χ0v) is 13.9. The second-order valence-electron chi connectivity index (χ2n) is 6.47. The summed E-state index contributed by atoms with van der Waals surface area (Å²) in [6.07, 6.45) is 0. The summed E-state index contributed by atoms with van der Waals surface area (Å²) in [5, 5.41) is 4.44. The van der Waals surface area contributed by atoms with Gasteiger partial charge in [0.25, 0.3) is 0 Å². The lowest BCUT2D eigenvalue weighted by molar-refractivity contribution is -0.133. The minimum absolute atomic E-state index is 0.0194. The SMILES string of the molecule is Cc1cc(C)n(C(C)C(=O)N2C[C@@H](N)[C@H](c3ccccc3)C2)n1. The summed E-state index contributed by atoms with van der Waals surface area (Å²) in [5.41, 5.74) is 9.44. The molecule has 0 spiro atoms. The van der Waals surface area contributed by atoms with Crippen molar-refractivity contribution in [1.82, 2.24) is 14.7 Å². The molecule has 5 nitrogen and oxygen atoms in total. The molecular weight excluding hydrogens is 288 g/mol. The van der Waals surface area contributed by atoms with Gasteiger partial charge in [0, 0.05) is 30.7 Å². The average molecular weight is 312 g/mol. The van der Waals surface area contributed by atoms with Crippen LogP contribution in [0, 0.1) is 13.8 Å². The third-order valence-electron chi connectivity index (χ3n) is 4.67. The summed E-state index contributed by atoms with van der Waals surface area (Å²) in [6, 6.07) is 11.9. The summed E-state index contributed by atoms with van der Waals surface area (Å²) in [6.45, 7) is 7.10. The van der Waals surface area contributed by atoms with Gasteiger partial charge in [-0.25, -0.2) is 0 Å². The van der Waals surface area contributed by atoms with Crippen molar-refractivity contribution in [1.29, 1.82) is 0 Å². The van der Waals surface area contributed by atoms with Gasteiger partial charge in [-0.15, -0.1) is 0 Å². The third-order valence-corrected chi connectivity index (χ3v) is 4.67. The van der Waals surface area contributed by atoms with Gasteiger partial charge in [0.15, 0.2) is 0 Å². The number of nitrogens with two attached hydrogens (primary N) is 1. The second-order valence-corrected chi connectivity index (χ2v) is 6.47. The number of carbonyl (C=O) groups is 1. The van der Waals surface area contributed by atoms with Crippen LogP contribution in [0.5, 0.6) is 0 Å². The first-order valence-corrected chi connectivity index (χ1v) is 8.09. The van der Waals surface area contributed by atoms with Crippen LogP contribution in [0.4, 0.5) is 0 Å². The molecule has 0 radical (unpaired) electrons. The lowest BCUT2D eigenvalue weighted by Crippen LogP contribution is -2.37. The molecule has 2 N–H and O–H groups in total. The number of aryl methyl sites for hydroxylation is 2. The molecule has 122 valence electrons. The van der Waals surface area contributed by atoms with Crippen molar-refractivity contribution in [2.24, 2.45) is 5.73 Å². The molecule has 1 amide bonds. The number of benzene rings is 1. The van der Waals surface area contributed by atoms with E-state index in [2.05, 4.69) is 17.2 Å². The number of likely N-dealkylation sites (tertiary alicyclic amines) is 1. The maximum Gasteiger partial charge on any atom is 0.247 e. The van der Waals surface area contributed by atoms with Gasteiger partial charge in [-0.3, -0.25) is 9.48 Å². The van der Waals surface area contributed by atoms with Crippen LogP contribution in [0.3, 0.4) is 0 Å². The third kappa shape index (κ3) is 3.01. The van der Waals surface area contributed by atoms with Crippen LogP contribution < -0.4 is 5.73 Å². The topological polar surface area (TPSA) is 64.2 Å². The van der Waals surface area contributed by atoms with Gasteiger partial charge in [0.1, 0.15) is 6.04 Å². The van der Waals surface area contributed by atoms with E-state index in [4.69, 9.17) is 5.73 Å². The summed E-state index contributed by atoms with van der Waals surface area (Å²) in [4.78, 5) is 14.7. The molecule has 1 unspecified atom stereocenters. The Morgan fingerprint density at radius 2 is 1.96 bits per heavy atom. The Morgan fingerprint density at radius 1 is 1.26 bits per heavy atom. The van der Waals surface area contributed by atoms with Gasteiger partial charge >= 0.3 is 0 Å². The lowest BCUT2D eigenvalue weighted by atomic mass is 9.95. The fraction of sp³-hybridized carbons (Fsp3) is 0.444. The quantitative estimate of drug-likeness (QED) is 0.943. The lowest BCUT2D eigenvalue weighted by Gasteiger charge is -2.22. The van der Waals surface area contributed by atoms with Gasteiger partial charge < -0.3 is 10.6 Å². The zero-order valence-electron chi connectivity index (χ0n) is 13.9. The molecule has 1 saturated heterocycles. The van der Waals surface area contributed by atoms with Crippen molar-refractivity contribution >= 4 is 5.91 Å². The maximum atomic E-state index is 12.8. The van der Waals surface area contributed by atoms with E-state index in [1.807, 2.05) is 49.9 Å². The molecule has 1 aromatic heterocycles. The van der Waals surface area contributed by atoms with E-state index in [1.54, 1.807) is 4.68 Å². The minimum Gasteiger partial charge on any atom is -0.339 e. The van der Waals surface area contributed by atoms with Crippen LogP contribution in [-0.2, 0) is 4.79 Å². The molecule has 5 heteroatoms. The number of hydrogen-bond acceptors (Lipinski definition) is 3. The number of aromatic nitrogens is 2. The molecule has 0 saturated carbocycles. The highest BCUT2D eigenvalue weighted by Crippen LogP contribution is 2.28. The van der Waals surface area contributed by atoms with Crippen molar-refractivity contribution in [2.75, 3.05) is 13.1 Å². The van der Waals surface area contributed by atoms with Crippen molar-refractivity contribution in [3.8, 4) is 0 Å². The van der Waals surface area contributed by atoms with E-state index in [9.17, 15) is 4.79 Å². The number of nitrogens with zero attached hydrogens (tertiary/aromatic N) is 3. The standard InChI is InChI=1S/C18H24N4O/c1-12-9-13(2)22(20-12)14(3)18(23)21-10-16(17(19)11-21)15-7-5-4-6-8-15/h4-9,14,16-17H,10-11,19H2,1-3H3/t14?,16-,17+/m0/s1. The van der Waals surface area contributed by atoms with Crippen LogP contribution in [0.2, 0.25) is 0 Å². The van der Waals surface area contributed by atoms with Crippen LogP contribution in [0.15, 0.2) is 36.4 Å². The molecule has 2 aromatic rings. The van der Waals surface area contributed by atoms with Crippen LogP contribution in [0.25, 0.3) is 0 Å². The number of hydrogen-bond donors (Lipinski definition) is 1. The van der Waals surface area contributed by atoms with Crippen molar-refractivity contribution in [3.05, 3.63) is 53.3 Å². The van der Waals surface area contributed by atoms with Gasteiger partial charge in [-0.1, -0.05) is 30.3 Å². The first-order chi connectivity index (χ1) is 11.0. The molecule has 3 rings (SSSR count). The highest BCUT2D eigenvalue weighted by atomic mass is 16.2. The van der Waals surface area contributed by atoms with Gasteiger partial charge in [0.2, 0.25) is 5.91 Å². The van der Waals surface area contributed by atoms with Gasteiger partial charge in [-0.05, 0) is 32.4 Å². The van der Waals surface area contributed by atoms with Crippen molar-refractivity contribution < 1.29 is 4.79 Å². The largest absolute Gasteiger partial charge is 0.339 e. The Hall–Kier alpha value is -2.14. The predicted octanol–water partition coefficient (Wildman–Crippen LogP) is 2.01. The second kappa shape index (κ2) is 6.16. The summed E-state index contributed by atoms with van der Waals surface area (Å²) < 4.78 is 1.80. The molecule has 23 heavy (non-hydrogen) atoms. The molecule has 1 aromatic carbocycles. The molecule has 0 bridgehead atoms. The Kier molecular flexibility index (Phi) is 4.22. The van der Waals surface area contributed by atoms with Gasteiger partial charge in [0.05, 0.1) is 5.69 Å². The Morgan fingerprint density at radius 3 is 2.57 bits per heavy atom. The van der Waals surface area contributed by atoms with E-state index < -0.39 is 0 Å². The Labute approximate surface area is 137 Å². The highest BCUT2D eigenvalue weighted by molar-refractivity contribution is 5.80.